The molecule has 2 rings (SSSR count). The fourth-order valence-corrected chi connectivity index (χ4v) is 1.98. The van der Waals surface area contributed by atoms with E-state index in [4.69, 9.17) is 0 Å². The molecule has 2 amide bonds. The van der Waals surface area contributed by atoms with E-state index in [1.165, 1.54) is 17.0 Å². The second-order valence-corrected chi connectivity index (χ2v) is 4.50. The summed E-state index contributed by atoms with van der Waals surface area (Å²) in [4.78, 5) is 25.1. The van der Waals surface area contributed by atoms with E-state index in [-0.39, 0.29) is 17.6 Å². The number of halogens is 1. The van der Waals surface area contributed by atoms with E-state index in [1.54, 1.807) is 26.0 Å². The average Bonchev–Trinajstić information content (AvgIpc) is 2.34. The van der Waals surface area contributed by atoms with Crippen LogP contribution in [0, 0.1) is 5.82 Å². The Balaban J connectivity index is 2.17. The van der Waals surface area contributed by atoms with E-state index < -0.39 is 12.1 Å². The van der Waals surface area contributed by atoms with Crippen molar-refractivity contribution in [3.8, 4) is 0 Å². The van der Waals surface area contributed by atoms with Gasteiger partial charge in [0, 0.05) is 6.54 Å². The maximum Gasteiger partial charge on any atom is 0.245 e. The fourth-order valence-electron chi connectivity index (χ4n) is 1.98. The van der Waals surface area contributed by atoms with Crippen LogP contribution in [-0.2, 0) is 16.1 Å². The van der Waals surface area contributed by atoms with Crippen molar-refractivity contribution in [3.63, 3.8) is 0 Å². The van der Waals surface area contributed by atoms with Crippen LogP contribution < -0.4 is 5.32 Å². The molecular formula is C13H15FN2O2. The monoisotopic (exact) mass is 250 g/mol. The van der Waals surface area contributed by atoms with Gasteiger partial charge in [0.2, 0.25) is 11.8 Å². The van der Waals surface area contributed by atoms with Crippen molar-refractivity contribution in [3.05, 3.63) is 35.6 Å². The zero-order chi connectivity index (χ0) is 13.3. The molecule has 1 fully saturated rings. The summed E-state index contributed by atoms with van der Waals surface area (Å²) in [6, 6.07) is 4.92. The Bertz CT molecular complexity index is 472. The Kier molecular flexibility index (Phi) is 3.32. The number of piperazine rings is 1. The van der Waals surface area contributed by atoms with Crippen LogP contribution in [0.4, 0.5) is 4.39 Å². The molecular weight excluding hydrogens is 235 g/mol. The van der Waals surface area contributed by atoms with Crippen LogP contribution in [-0.4, -0.2) is 28.8 Å². The number of hydrogen-bond acceptors (Lipinski definition) is 2. The smallest absolute Gasteiger partial charge is 0.245 e. The van der Waals surface area contributed by atoms with Crippen LogP contribution in [0.2, 0.25) is 0 Å². The highest BCUT2D eigenvalue weighted by atomic mass is 19.1. The summed E-state index contributed by atoms with van der Waals surface area (Å²) in [5.74, 6) is -0.599. The van der Waals surface area contributed by atoms with E-state index in [2.05, 4.69) is 5.32 Å². The predicted octanol–water partition coefficient (Wildman–Crippen LogP) is 1.06. The molecule has 1 heterocycles. The van der Waals surface area contributed by atoms with Crippen molar-refractivity contribution < 1.29 is 14.0 Å². The topological polar surface area (TPSA) is 49.4 Å². The number of nitrogens with one attached hydrogen (secondary N) is 1. The molecule has 0 aliphatic carbocycles. The van der Waals surface area contributed by atoms with Crippen molar-refractivity contribution in [2.45, 2.75) is 32.5 Å². The van der Waals surface area contributed by atoms with E-state index >= 15 is 0 Å². The molecule has 4 nitrogen and oxygen atoms in total. The van der Waals surface area contributed by atoms with Crippen LogP contribution in [0.25, 0.3) is 0 Å². The summed E-state index contributed by atoms with van der Waals surface area (Å²) >= 11 is 0. The van der Waals surface area contributed by atoms with E-state index in [0.717, 1.165) is 5.56 Å². The summed E-state index contributed by atoms with van der Waals surface area (Å²) in [7, 11) is 0. The lowest BCUT2D eigenvalue weighted by Crippen LogP contribution is -2.60. The second-order valence-electron chi connectivity index (χ2n) is 4.50. The summed E-state index contributed by atoms with van der Waals surface area (Å²) < 4.78 is 12.8. The summed E-state index contributed by atoms with van der Waals surface area (Å²) in [6.07, 6.45) is 0. The Morgan fingerprint density at radius 3 is 2.44 bits per heavy atom. The number of hydrogen-bond donors (Lipinski definition) is 1. The van der Waals surface area contributed by atoms with E-state index in [9.17, 15) is 14.0 Å². The Labute approximate surface area is 105 Å². The highest BCUT2D eigenvalue weighted by Gasteiger charge is 2.35. The average molecular weight is 250 g/mol. The Morgan fingerprint density at radius 2 is 1.83 bits per heavy atom. The standard InChI is InChI=1S/C13H15FN2O2/c1-8-13(18)16(9(2)12(17)15-8)7-10-3-5-11(14)6-4-10/h3-6,8-9H,7H2,1-2H3,(H,15,17)/t8-,9+/m0/s1. The Morgan fingerprint density at radius 1 is 1.22 bits per heavy atom. The highest BCUT2D eigenvalue weighted by molar-refractivity contribution is 5.96. The summed E-state index contributed by atoms with van der Waals surface area (Å²) in [6.45, 7) is 3.66. The summed E-state index contributed by atoms with van der Waals surface area (Å²) in [5.41, 5.74) is 0.804. The van der Waals surface area contributed by atoms with Crippen molar-refractivity contribution in [2.75, 3.05) is 0 Å². The molecule has 18 heavy (non-hydrogen) atoms. The molecule has 1 saturated heterocycles. The number of benzene rings is 1. The third-order valence-corrected chi connectivity index (χ3v) is 3.13. The second kappa shape index (κ2) is 4.76. The molecule has 5 heteroatoms. The number of amides is 2. The van der Waals surface area contributed by atoms with E-state index in [1.807, 2.05) is 0 Å². The normalized spacial score (nSPS) is 24.1. The van der Waals surface area contributed by atoms with Crippen LogP contribution in [0.1, 0.15) is 19.4 Å². The van der Waals surface area contributed by atoms with Crippen LogP contribution in [0.5, 0.6) is 0 Å². The first-order chi connectivity index (χ1) is 8.49. The van der Waals surface area contributed by atoms with Gasteiger partial charge in [-0.3, -0.25) is 9.59 Å². The van der Waals surface area contributed by atoms with E-state index in [0.29, 0.717) is 6.54 Å². The quantitative estimate of drug-likeness (QED) is 0.853. The molecule has 0 radical (unpaired) electrons. The van der Waals surface area contributed by atoms with Gasteiger partial charge in [-0.1, -0.05) is 12.1 Å². The highest BCUT2D eigenvalue weighted by Crippen LogP contribution is 2.14. The number of carbonyl (C=O) groups excluding carboxylic acids is 2. The molecule has 2 atom stereocenters. The number of nitrogens with zero attached hydrogens (tertiary/aromatic N) is 1. The van der Waals surface area contributed by atoms with Crippen molar-refractivity contribution in [1.29, 1.82) is 0 Å². The third-order valence-electron chi connectivity index (χ3n) is 3.13. The van der Waals surface area contributed by atoms with Crippen molar-refractivity contribution in [1.82, 2.24) is 10.2 Å². The fraction of sp³-hybridized carbons (Fsp3) is 0.385. The molecule has 1 aliphatic heterocycles. The maximum atomic E-state index is 12.8. The molecule has 0 unspecified atom stereocenters. The Hall–Kier alpha value is -1.91. The zero-order valence-corrected chi connectivity index (χ0v) is 10.3. The third kappa shape index (κ3) is 2.34. The first kappa shape index (κ1) is 12.5. The minimum absolute atomic E-state index is 0.119. The molecule has 0 aromatic heterocycles. The molecule has 1 N–H and O–H groups in total. The maximum absolute atomic E-state index is 12.8. The predicted molar refractivity (Wildman–Crippen MR) is 64.0 cm³/mol. The molecule has 0 spiro atoms. The molecule has 1 aromatic carbocycles. The lowest BCUT2D eigenvalue weighted by atomic mass is 10.1. The number of rotatable bonds is 2. The molecule has 1 aliphatic rings. The van der Waals surface area contributed by atoms with Crippen molar-refractivity contribution in [2.24, 2.45) is 0 Å². The van der Waals surface area contributed by atoms with Gasteiger partial charge in [-0.05, 0) is 31.5 Å². The molecule has 0 bridgehead atoms. The van der Waals surface area contributed by atoms with Crippen LogP contribution in [0.3, 0.4) is 0 Å². The van der Waals surface area contributed by atoms with Gasteiger partial charge < -0.3 is 10.2 Å². The van der Waals surface area contributed by atoms with Gasteiger partial charge >= 0.3 is 0 Å². The van der Waals surface area contributed by atoms with Gasteiger partial charge in [-0.15, -0.1) is 0 Å². The van der Waals surface area contributed by atoms with Gasteiger partial charge in [-0.2, -0.15) is 0 Å². The van der Waals surface area contributed by atoms with Gasteiger partial charge in [0.25, 0.3) is 0 Å². The molecule has 1 aromatic rings. The summed E-state index contributed by atoms with van der Waals surface area (Å²) in [5, 5.41) is 2.61. The minimum Gasteiger partial charge on any atom is -0.343 e. The number of carbonyl (C=O) groups is 2. The molecule has 0 saturated carbocycles. The largest absolute Gasteiger partial charge is 0.343 e. The van der Waals surface area contributed by atoms with Crippen LogP contribution in [0.15, 0.2) is 24.3 Å². The van der Waals surface area contributed by atoms with Gasteiger partial charge in [0.05, 0.1) is 0 Å². The molecule has 96 valence electrons. The van der Waals surface area contributed by atoms with Gasteiger partial charge in [0.15, 0.2) is 0 Å². The van der Waals surface area contributed by atoms with Crippen LogP contribution >= 0.6 is 0 Å². The van der Waals surface area contributed by atoms with Gasteiger partial charge in [0.1, 0.15) is 17.9 Å². The minimum atomic E-state index is -0.505. The first-order valence-corrected chi connectivity index (χ1v) is 5.84. The first-order valence-electron chi connectivity index (χ1n) is 5.84. The lowest BCUT2D eigenvalue weighted by Gasteiger charge is -2.36. The lowest BCUT2D eigenvalue weighted by molar-refractivity contribution is -0.148. The zero-order valence-electron chi connectivity index (χ0n) is 10.3. The van der Waals surface area contributed by atoms with Gasteiger partial charge in [-0.25, -0.2) is 4.39 Å². The van der Waals surface area contributed by atoms with Crippen molar-refractivity contribution >= 4 is 11.8 Å². The SMILES string of the molecule is C[C@@H]1NC(=O)[C@@H](C)N(Cc2ccc(F)cc2)C1=O.